The molecule has 0 aliphatic carbocycles. The number of nitrogens with zero attached hydrogens (tertiary/aromatic N) is 1. The van der Waals surface area contributed by atoms with Crippen molar-refractivity contribution >= 4 is 23.4 Å². The highest BCUT2D eigenvalue weighted by molar-refractivity contribution is 7.98. The van der Waals surface area contributed by atoms with Crippen molar-refractivity contribution in [2.45, 2.75) is 10.6 Å². The molecule has 3 N–H and O–H groups in total. The summed E-state index contributed by atoms with van der Waals surface area (Å²) < 4.78 is 5.13. The zero-order valence-corrected chi connectivity index (χ0v) is 9.61. The summed E-state index contributed by atoms with van der Waals surface area (Å²) in [5, 5.41) is 8.90. The Kier molecular flexibility index (Phi) is 3.34. The van der Waals surface area contributed by atoms with Crippen LogP contribution in [0.2, 0.25) is 0 Å². The molecule has 2 heterocycles. The van der Waals surface area contributed by atoms with Crippen LogP contribution < -0.4 is 5.73 Å². The average Bonchev–Trinajstić information content (AvgIpc) is 2.76. The lowest BCUT2D eigenvalue weighted by Gasteiger charge is -2.03. The van der Waals surface area contributed by atoms with Crippen LogP contribution in [0.1, 0.15) is 16.1 Å². The summed E-state index contributed by atoms with van der Waals surface area (Å²) >= 11 is 1.41. The number of hydrogen-bond donors (Lipinski definition) is 2. The molecule has 0 spiro atoms. The van der Waals surface area contributed by atoms with Gasteiger partial charge in [0.25, 0.3) is 0 Å². The number of aromatic carboxylic acids is 1. The number of carboxylic acid groups (broad SMARTS) is 1. The molecule has 0 amide bonds. The molecule has 0 saturated carbocycles. The predicted molar refractivity (Wildman–Crippen MR) is 63.9 cm³/mol. The number of aromatic nitrogens is 1. The number of nitrogen functional groups attached to an aromatic ring is 1. The number of furan rings is 1. The summed E-state index contributed by atoms with van der Waals surface area (Å²) in [6, 6.07) is 3.22. The van der Waals surface area contributed by atoms with Crippen LogP contribution in [-0.4, -0.2) is 16.1 Å². The molecule has 0 radical (unpaired) electrons. The van der Waals surface area contributed by atoms with Crippen LogP contribution in [-0.2, 0) is 5.75 Å². The zero-order valence-electron chi connectivity index (χ0n) is 8.79. The summed E-state index contributed by atoms with van der Waals surface area (Å²) in [4.78, 5) is 15.6. The zero-order chi connectivity index (χ0) is 12.3. The minimum absolute atomic E-state index is 0.185. The summed E-state index contributed by atoms with van der Waals surface area (Å²) in [6.07, 6.45) is 4.57. The molecule has 2 rings (SSSR count). The lowest BCUT2D eigenvalue weighted by Crippen LogP contribution is -1.97. The van der Waals surface area contributed by atoms with Gasteiger partial charge in [0.05, 0.1) is 23.9 Å². The number of nitrogens with two attached hydrogens (primary N) is 1. The first-order chi connectivity index (χ1) is 8.18. The molecule has 0 saturated heterocycles. The Hall–Kier alpha value is -1.95. The fourth-order valence-corrected chi connectivity index (χ4v) is 2.20. The van der Waals surface area contributed by atoms with Crippen LogP contribution >= 0.6 is 11.8 Å². The van der Waals surface area contributed by atoms with E-state index in [0.29, 0.717) is 17.2 Å². The molecule has 17 heavy (non-hydrogen) atoms. The van der Waals surface area contributed by atoms with E-state index >= 15 is 0 Å². The van der Waals surface area contributed by atoms with Crippen LogP contribution in [0.15, 0.2) is 40.1 Å². The summed E-state index contributed by atoms with van der Waals surface area (Å²) in [5.74, 6) is -0.140. The first-order valence-electron chi connectivity index (χ1n) is 4.80. The maximum atomic E-state index is 10.9. The van der Waals surface area contributed by atoms with Crippen molar-refractivity contribution in [1.29, 1.82) is 0 Å². The maximum absolute atomic E-state index is 10.9. The van der Waals surface area contributed by atoms with Gasteiger partial charge in [-0.25, -0.2) is 4.79 Å². The fourth-order valence-electron chi connectivity index (χ4n) is 1.31. The molecule has 0 bridgehead atoms. The van der Waals surface area contributed by atoms with Gasteiger partial charge in [-0.1, -0.05) is 0 Å². The monoisotopic (exact) mass is 250 g/mol. The SMILES string of the molecule is Nc1cnccc1SCc1occc1C(=O)O. The second-order valence-electron chi connectivity index (χ2n) is 3.26. The van der Waals surface area contributed by atoms with Crippen LogP contribution in [0, 0.1) is 0 Å². The van der Waals surface area contributed by atoms with Gasteiger partial charge in [-0.05, 0) is 12.1 Å². The quantitative estimate of drug-likeness (QED) is 0.809. The molecule has 0 aliphatic heterocycles. The Bertz CT molecular complexity index is 539. The summed E-state index contributed by atoms with van der Waals surface area (Å²) in [6.45, 7) is 0. The van der Waals surface area contributed by atoms with Crippen molar-refractivity contribution in [1.82, 2.24) is 4.98 Å². The third-order valence-corrected chi connectivity index (χ3v) is 3.23. The lowest BCUT2D eigenvalue weighted by molar-refractivity contribution is 0.0695. The van der Waals surface area contributed by atoms with Gasteiger partial charge in [-0.15, -0.1) is 11.8 Å². The van der Waals surface area contributed by atoms with E-state index in [1.807, 2.05) is 0 Å². The molecule has 2 aromatic heterocycles. The Balaban J connectivity index is 2.10. The molecule has 5 nitrogen and oxygen atoms in total. The summed E-state index contributed by atoms with van der Waals surface area (Å²) in [7, 11) is 0. The first-order valence-corrected chi connectivity index (χ1v) is 5.79. The van der Waals surface area contributed by atoms with E-state index in [4.69, 9.17) is 15.3 Å². The molecule has 0 aliphatic rings. The molecule has 88 valence electrons. The highest BCUT2D eigenvalue weighted by atomic mass is 32.2. The van der Waals surface area contributed by atoms with E-state index in [0.717, 1.165) is 4.90 Å². The minimum Gasteiger partial charge on any atom is -0.478 e. The number of carbonyl (C=O) groups is 1. The number of rotatable bonds is 4. The number of hydrogen-bond acceptors (Lipinski definition) is 5. The van der Waals surface area contributed by atoms with Gasteiger partial charge in [-0.3, -0.25) is 4.98 Å². The van der Waals surface area contributed by atoms with Gasteiger partial charge in [0.2, 0.25) is 0 Å². The Labute approximate surface area is 102 Å². The van der Waals surface area contributed by atoms with Gasteiger partial charge in [0, 0.05) is 11.1 Å². The van der Waals surface area contributed by atoms with Crippen molar-refractivity contribution in [2.24, 2.45) is 0 Å². The van der Waals surface area contributed by atoms with Crippen molar-refractivity contribution in [3.63, 3.8) is 0 Å². The van der Waals surface area contributed by atoms with E-state index in [9.17, 15) is 4.79 Å². The first kappa shape index (κ1) is 11.5. The summed E-state index contributed by atoms with van der Waals surface area (Å²) in [5.41, 5.74) is 6.48. The van der Waals surface area contributed by atoms with Gasteiger partial charge < -0.3 is 15.3 Å². The van der Waals surface area contributed by atoms with Crippen LogP contribution in [0.4, 0.5) is 5.69 Å². The lowest BCUT2D eigenvalue weighted by atomic mass is 10.3. The van der Waals surface area contributed by atoms with E-state index in [1.165, 1.54) is 24.1 Å². The molecular weight excluding hydrogens is 240 g/mol. The van der Waals surface area contributed by atoms with Crippen molar-refractivity contribution in [3.8, 4) is 0 Å². The normalized spacial score (nSPS) is 10.4. The topological polar surface area (TPSA) is 89.4 Å². The highest BCUT2D eigenvalue weighted by Crippen LogP contribution is 2.28. The second kappa shape index (κ2) is 4.92. The van der Waals surface area contributed by atoms with E-state index in [2.05, 4.69) is 4.98 Å². The Morgan fingerprint density at radius 3 is 3.06 bits per heavy atom. The molecule has 6 heteroatoms. The molecule has 0 aromatic carbocycles. The van der Waals surface area contributed by atoms with Crippen LogP contribution in [0.25, 0.3) is 0 Å². The molecule has 0 atom stereocenters. The average molecular weight is 250 g/mol. The molecular formula is C11H10N2O3S. The van der Waals surface area contributed by atoms with Crippen molar-refractivity contribution < 1.29 is 14.3 Å². The second-order valence-corrected chi connectivity index (χ2v) is 4.28. The number of anilines is 1. The van der Waals surface area contributed by atoms with Gasteiger partial charge in [-0.2, -0.15) is 0 Å². The van der Waals surface area contributed by atoms with E-state index < -0.39 is 5.97 Å². The molecule has 0 unspecified atom stereocenters. The maximum Gasteiger partial charge on any atom is 0.339 e. The van der Waals surface area contributed by atoms with Gasteiger partial charge in [0.15, 0.2) is 0 Å². The predicted octanol–water partition coefficient (Wildman–Crippen LogP) is 2.25. The number of pyridine rings is 1. The van der Waals surface area contributed by atoms with E-state index in [-0.39, 0.29) is 5.56 Å². The van der Waals surface area contributed by atoms with Gasteiger partial charge >= 0.3 is 5.97 Å². The van der Waals surface area contributed by atoms with E-state index in [1.54, 1.807) is 18.5 Å². The highest BCUT2D eigenvalue weighted by Gasteiger charge is 2.13. The van der Waals surface area contributed by atoms with Crippen LogP contribution in [0.5, 0.6) is 0 Å². The smallest absolute Gasteiger partial charge is 0.339 e. The van der Waals surface area contributed by atoms with Crippen LogP contribution in [0.3, 0.4) is 0 Å². The standard InChI is InChI=1S/C11H10N2O3S/c12-8-5-13-3-1-10(8)17-6-9-7(11(14)15)2-4-16-9/h1-5H,6,12H2,(H,14,15). The largest absolute Gasteiger partial charge is 0.478 e. The third kappa shape index (κ3) is 2.59. The minimum atomic E-state index is -0.989. The van der Waals surface area contributed by atoms with Crippen molar-refractivity contribution in [3.05, 3.63) is 42.1 Å². The Morgan fingerprint density at radius 1 is 1.53 bits per heavy atom. The van der Waals surface area contributed by atoms with Gasteiger partial charge in [0.1, 0.15) is 11.3 Å². The number of carboxylic acids is 1. The fraction of sp³-hybridized carbons (Fsp3) is 0.0909. The third-order valence-electron chi connectivity index (χ3n) is 2.14. The molecule has 0 fully saturated rings. The van der Waals surface area contributed by atoms with Crippen molar-refractivity contribution in [2.75, 3.05) is 5.73 Å². The number of thioether (sulfide) groups is 1. The Morgan fingerprint density at radius 2 is 2.35 bits per heavy atom. The molecule has 2 aromatic rings.